The van der Waals surface area contributed by atoms with Gasteiger partial charge in [-0.2, -0.15) is 0 Å². The van der Waals surface area contributed by atoms with Crippen molar-refractivity contribution in [1.29, 1.82) is 0 Å². The third-order valence-corrected chi connectivity index (χ3v) is 25.3. The summed E-state index contributed by atoms with van der Waals surface area (Å²) in [5.41, 5.74) is 17.1. The molecule has 13 aromatic rings. The normalized spacial score (nSPS) is 12.8. The van der Waals surface area contributed by atoms with Crippen LogP contribution >= 0.6 is 0 Å². The topological polar surface area (TPSA) is 9.86 Å². The molecule has 0 bridgehead atoms. The van der Waals surface area contributed by atoms with Crippen molar-refractivity contribution in [2.75, 3.05) is 0 Å². The molecular formula is C74H72N2Si4. The molecule has 394 valence electrons. The third kappa shape index (κ3) is 8.97. The van der Waals surface area contributed by atoms with Gasteiger partial charge in [-0.05, 0) is 127 Å². The van der Waals surface area contributed by atoms with Gasteiger partial charge in [0.1, 0.15) is 0 Å². The van der Waals surface area contributed by atoms with Gasteiger partial charge in [-0.15, -0.1) is 0 Å². The maximum atomic E-state index is 2.56. The average molecular weight is 1100 g/mol. The van der Waals surface area contributed by atoms with Crippen LogP contribution in [0.4, 0.5) is 0 Å². The molecule has 0 amide bonds. The highest BCUT2D eigenvalue weighted by Gasteiger charge is 2.27. The molecule has 2 aromatic heterocycles. The summed E-state index contributed by atoms with van der Waals surface area (Å²) in [6, 6.07) is 84.6. The molecule has 0 atom stereocenters. The Bertz CT molecular complexity index is 4170. The fourth-order valence-corrected chi connectivity index (χ4v) is 17.2. The molecule has 80 heavy (non-hydrogen) atoms. The lowest BCUT2D eigenvalue weighted by Gasteiger charge is -2.21. The van der Waals surface area contributed by atoms with E-state index in [0.717, 1.165) is 0 Å². The number of benzene rings is 11. The minimum atomic E-state index is -1.63. The minimum Gasteiger partial charge on any atom is -0.309 e. The minimum absolute atomic E-state index is 1.17. The largest absolute Gasteiger partial charge is 0.309 e. The van der Waals surface area contributed by atoms with Crippen molar-refractivity contribution in [2.24, 2.45) is 0 Å². The highest BCUT2D eigenvalue weighted by Crippen LogP contribution is 2.47. The zero-order chi connectivity index (χ0) is 55.6. The maximum Gasteiger partial charge on any atom is 0.0776 e. The van der Waals surface area contributed by atoms with Crippen molar-refractivity contribution >= 4 is 118 Å². The highest BCUT2D eigenvalue weighted by molar-refractivity contribution is 6.90. The Morgan fingerprint density at radius 1 is 0.212 bits per heavy atom. The van der Waals surface area contributed by atoms with Gasteiger partial charge in [-0.3, -0.25) is 0 Å². The first kappa shape index (κ1) is 51.8. The van der Waals surface area contributed by atoms with Crippen molar-refractivity contribution in [3.05, 3.63) is 218 Å². The lowest BCUT2D eigenvalue weighted by molar-refractivity contribution is 1.18. The van der Waals surface area contributed by atoms with Crippen molar-refractivity contribution in [3.8, 4) is 55.9 Å². The van der Waals surface area contributed by atoms with Crippen LogP contribution in [0.15, 0.2) is 218 Å². The number of hydrogen-bond acceptors (Lipinski definition) is 0. The van der Waals surface area contributed by atoms with E-state index in [1.807, 2.05) is 0 Å². The Kier molecular flexibility index (Phi) is 12.3. The molecule has 0 saturated heterocycles. The van der Waals surface area contributed by atoms with Gasteiger partial charge in [0.05, 0.1) is 54.4 Å². The lowest BCUT2D eigenvalue weighted by atomic mass is 9.84. The van der Waals surface area contributed by atoms with Crippen LogP contribution in [0.3, 0.4) is 0 Å². The quantitative estimate of drug-likeness (QED) is 0.0954. The zero-order valence-electron chi connectivity index (χ0n) is 48.7. The van der Waals surface area contributed by atoms with Crippen LogP contribution in [0.2, 0.25) is 78.6 Å². The summed E-state index contributed by atoms with van der Waals surface area (Å²) < 4.78 is 5.12. The van der Waals surface area contributed by atoms with Gasteiger partial charge in [0, 0.05) is 32.9 Å². The summed E-state index contributed by atoms with van der Waals surface area (Å²) in [5.74, 6) is 0. The molecule has 0 N–H and O–H groups in total. The van der Waals surface area contributed by atoms with E-state index in [1.165, 1.54) is 142 Å². The molecule has 0 aliphatic heterocycles. The van der Waals surface area contributed by atoms with Gasteiger partial charge in [-0.1, -0.05) is 257 Å². The molecule has 0 aliphatic rings. The average Bonchev–Trinajstić information content (AvgIpc) is 4.07. The van der Waals surface area contributed by atoms with Crippen LogP contribution < -0.4 is 20.7 Å². The van der Waals surface area contributed by atoms with Crippen molar-refractivity contribution in [3.63, 3.8) is 0 Å². The molecule has 6 heteroatoms. The molecule has 0 unspecified atom stereocenters. The van der Waals surface area contributed by atoms with Gasteiger partial charge >= 0.3 is 0 Å². The zero-order valence-corrected chi connectivity index (χ0v) is 52.7. The number of nitrogens with zero attached hydrogens (tertiary/aromatic N) is 2. The summed E-state index contributed by atoms with van der Waals surface area (Å²) >= 11 is 0. The molecule has 0 radical (unpaired) electrons. The molecule has 0 fully saturated rings. The van der Waals surface area contributed by atoms with Crippen LogP contribution in [-0.4, -0.2) is 41.4 Å². The number of fused-ring (bicyclic) bond motifs is 8. The molecular weight excluding hydrogens is 1030 g/mol. The first-order valence-electron chi connectivity index (χ1n) is 28.7. The summed E-state index contributed by atoms with van der Waals surface area (Å²) in [6.07, 6.45) is 0. The first-order chi connectivity index (χ1) is 38.2. The summed E-state index contributed by atoms with van der Waals surface area (Å²) in [4.78, 5) is 0. The highest BCUT2D eigenvalue weighted by atomic mass is 28.3. The van der Waals surface area contributed by atoms with E-state index in [4.69, 9.17) is 0 Å². The molecule has 0 aliphatic carbocycles. The Morgan fingerprint density at radius 3 is 0.800 bits per heavy atom. The predicted molar refractivity (Wildman–Crippen MR) is 364 cm³/mol. The molecule has 11 aromatic carbocycles. The fourth-order valence-electron chi connectivity index (χ4n) is 12.5. The van der Waals surface area contributed by atoms with Gasteiger partial charge < -0.3 is 9.13 Å². The standard InChI is InChI=1S/C74H72N2Si4/c1-77(2,3)57-31-37-69-63(45-57)64-46-58(78(4,5)6)32-38-70(64)75(69)55-29-35-61-67(43-55)73(53-27-19-25-51(41-53)49-21-15-13-16-22-49)62-36-30-56(44-68(62)74(61)54-28-20-26-52(42-54)50-23-17-14-18-24-50)76-71-39-33-59(79(7,8)9)47-65(71)66-48-60(80(10,11)12)34-40-72(66)76/h13-48H,1-12H3. The van der Waals surface area contributed by atoms with Crippen LogP contribution in [0, 0.1) is 0 Å². The van der Waals surface area contributed by atoms with Gasteiger partial charge in [0.2, 0.25) is 0 Å². The van der Waals surface area contributed by atoms with Crippen molar-refractivity contribution in [2.45, 2.75) is 78.6 Å². The predicted octanol–water partition coefficient (Wildman–Crippen LogP) is 19.0. The molecule has 2 heterocycles. The monoisotopic (exact) mass is 1100 g/mol. The van der Waals surface area contributed by atoms with Crippen molar-refractivity contribution in [1.82, 2.24) is 9.13 Å². The molecule has 0 spiro atoms. The van der Waals surface area contributed by atoms with Crippen LogP contribution in [0.5, 0.6) is 0 Å². The van der Waals surface area contributed by atoms with Gasteiger partial charge in [0.15, 0.2) is 0 Å². The van der Waals surface area contributed by atoms with E-state index in [-0.39, 0.29) is 0 Å². The Labute approximate surface area is 477 Å². The molecule has 0 saturated carbocycles. The smallest absolute Gasteiger partial charge is 0.0776 e. The van der Waals surface area contributed by atoms with Crippen LogP contribution in [0.25, 0.3) is 121 Å². The van der Waals surface area contributed by atoms with E-state index in [1.54, 1.807) is 0 Å². The van der Waals surface area contributed by atoms with Crippen LogP contribution in [0.1, 0.15) is 0 Å². The second kappa shape index (κ2) is 19.0. The molecule has 13 rings (SSSR count). The van der Waals surface area contributed by atoms with Gasteiger partial charge in [-0.25, -0.2) is 0 Å². The molecule has 2 nitrogen and oxygen atoms in total. The number of aromatic nitrogens is 2. The van der Waals surface area contributed by atoms with E-state index in [9.17, 15) is 0 Å². The second-order valence-corrected chi connectivity index (χ2v) is 47.0. The Morgan fingerprint density at radius 2 is 0.500 bits per heavy atom. The summed E-state index contributed by atoms with van der Waals surface area (Å²) in [5, 5.41) is 16.3. The number of rotatable bonds is 10. The number of hydrogen-bond donors (Lipinski definition) is 0. The first-order valence-corrected chi connectivity index (χ1v) is 42.7. The lowest BCUT2D eigenvalue weighted by Crippen LogP contribution is -2.37. The van der Waals surface area contributed by atoms with E-state index < -0.39 is 32.3 Å². The van der Waals surface area contributed by atoms with E-state index in [2.05, 4.69) is 306 Å². The summed E-state index contributed by atoms with van der Waals surface area (Å²) in [7, 11) is -6.51. The van der Waals surface area contributed by atoms with Crippen LogP contribution in [-0.2, 0) is 0 Å². The third-order valence-electron chi connectivity index (χ3n) is 17.1. The van der Waals surface area contributed by atoms with E-state index >= 15 is 0 Å². The van der Waals surface area contributed by atoms with Crippen molar-refractivity contribution < 1.29 is 0 Å². The maximum absolute atomic E-state index is 2.56. The Hall–Kier alpha value is -7.59. The van der Waals surface area contributed by atoms with E-state index in [0.29, 0.717) is 0 Å². The Balaban J connectivity index is 1.16. The SMILES string of the molecule is C[Si](C)(C)c1ccc2c(c1)c1cc([Si](C)(C)C)ccc1n2-c1ccc2c(-c3cccc(-c4ccccc4)c3)c3cc(-n4c5ccc([Si](C)(C)C)cc5c5cc([Si](C)(C)C)ccc54)ccc3c(-c3cccc(-c4ccccc4)c3)c2c1. The summed E-state index contributed by atoms with van der Waals surface area (Å²) in [6.45, 7) is 29.6. The second-order valence-electron chi connectivity index (χ2n) is 26.7. The fraction of sp³-hybridized carbons (Fsp3) is 0.162. The van der Waals surface area contributed by atoms with Gasteiger partial charge in [0.25, 0.3) is 0 Å².